The maximum absolute atomic E-state index is 13.5. The van der Waals surface area contributed by atoms with Crippen molar-refractivity contribution in [2.24, 2.45) is 0 Å². The predicted molar refractivity (Wildman–Crippen MR) is 83.8 cm³/mol. The molecule has 2 N–H and O–H groups in total. The number of halogens is 2. The summed E-state index contributed by atoms with van der Waals surface area (Å²) in [7, 11) is 0. The first-order valence-corrected chi connectivity index (χ1v) is 6.67. The van der Waals surface area contributed by atoms with Crippen LogP contribution in [0.4, 0.5) is 15.8 Å². The second kappa shape index (κ2) is 7.25. The minimum Gasteiger partial charge on any atom is -0.358 e. The van der Waals surface area contributed by atoms with E-state index >= 15 is 0 Å². The zero-order valence-electron chi connectivity index (χ0n) is 11.3. The van der Waals surface area contributed by atoms with Crippen LogP contribution in [0.5, 0.6) is 0 Å². The van der Waals surface area contributed by atoms with Crippen LogP contribution in [0, 0.1) is 17.1 Å². The van der Waals surface area contributed by atoms with Crippen LogP contribution < -0.4 is 10.6 Å². The smallest absolute Gasteiger partial charge is 0.267 e. The maximum Gasteiger partial charge on any atom is 0.267 e. The maximum atomic E-state index is 13.5. The molecule has 2 aromatic carbocycles. The molecule has 0 saturated carbocycles. The summed E-state index contributed by atoms with van der Waals surface area (Å²) in [6, 6.07) is 14.3. The van der Waals surface area contributed by atoms with Crippen LogP contribution in [0.1, 0.15) is 0 Å². The fourth-order valence-corrected chi connectivity index (χ4v) is 1.81. The van der Waals surface area contributed by atoms with Crippen LogP contribution in [0.3, 0.4) is 0 Å². The van der Waals surface area contributed by atoms with Crippen molar-refractivity contribution in [3.8, 4) is 6.07 Å². The Morgan fingerprint density at radius 2 is 1.77 bits per heavy atom. The SMILES string of the molecule is N#C/C(=C/Nc1ccccc1F)C(=O)Nc1ccccc1Cl. The van der Waals surface area contributed by atoms with E-state index < -0.39 is 11.7 Å². The molecule has 0 saturated heterocycles. The van der Waals surface area contributed by atoms with Crippen LogP contribution in [-0.4, -0.2) is 5.91 Å². The Morgan fingerprint density at radius 1 is 1.14 bits per heavy atom. The van der Waals surface area contributed by atoms with Gasteiger partial charge in [0.25, 0.3) is 5.91 Å². The van der Waals surface area contributed by atoms with Gasteiger partial charge in [-0.1, -0.05) is 35.9 Å². The average molecular weight is 316 g/mol. The molecule has 110 valence electrons. The number of hydrogen-bond donors (Lipinski definition) is 2. The Labute approximate surface area is 131 Å². The number of amides is 1. The average Bonchev–Trinajstić information content (AvgIpc) is 2.52. The molecule has 22 heavy (non-hydrogen) atoms. The van der Waals surface area contributed by atoms with E-state index in [0.717, 1.165) is 6.20 Å². The highest BCUT2D eigenvalue weighted by molar-refractivity contribution is 6.33. The van der Waals surface area contributed by atoms with Gasteiger partial charge in [0.05, 0.1) is 16.4 Å². The van der Waals surface area contributed by atoms with Gasteiger partial charge < -0.3 is 10.6 Å². The second-order valence-corrected chi connectivity index (χ2v) is 4.64. The summed E-state index contributed by atoms with van der Waals surface area (Å²) in [5.74, 6) is -1.12. The number of nitrogens with zero attached hydrogens (tertiary/aromatic N) is 1. The van der Waals surface area contributed by atoms with Crippen molar-refractivity contribution in [2.75, 3.05) is 10.6 Å². The lowest BCUT2D eigenvalue weighted by molar-refractivity contribution is -0.112. The van der Waals surface area contributed by atoms with E-state index in [0.29, 0.717) is 10.7 Å². The first kappa shape index (κ1) is 15.5. The summed E-state index contributed by atoms with van der Waals surface area (Å²) in [5.41, 5.74) is 0.352. The number of anilines is 2. The van der Waals surface area contributed by atoms with Gasteiger partial charge in [0.2, 0.25) is 0 Å². The lowest BCUT2D eigenvalue weighted by Gasteiger charge is -2.07. The first-order valence-electron chi connectivity index (χ1n) is 6.29. The minimum atomic E-state index is -0.639. The fourth-order valence-electron chi connectivity index (χ4n) is 1.63. The van der Waals surface area contributed by atoms with Crippen molar-refractivity contribution in [2.45, 2.75) is 0 Å². The Bertz CT molecular complexity index is 768. The van der Waals surface area contributed by atoms with Crippen molar-refractivity contribution in [3.05, 3.63) is 71.1 Å². The summed E-state index contributed by atoms with van der Waals surface area (Å²) in [4.78, 5) is 12.0. The van der Waals surface area contributed by atoms with Gasteiger partial charge in [-0.3, -0.25) is 4.79 Å². The lowest BCUT2D eigenvalue weighted by Crippen LogP contribution is -2.14. The van der Waals surface area contributed by atoms with E-state index in [4.69, 9.17) is 16.9 Å². The molecule has 6 heteroatoms. The van der Waals surface area contributed by atoms with Crippen LogP contribution in [-0.2, 0) is 4.79 Å². The summed E-state index contributed by atoms with van der Waals surface area (Å²) < 4.78 is 13.5. The Hall–Kier alpha value is -2.84. The van der Waals surface area contributed by atoms with E-state index in [9.17, 15) is 9.18 Å². The number of carbonyl (C=O) groups is 1. The molecule has 0 aliphatic rings. The highest BCUT2D eigenvalue weighted by Gasteiger charge is 2.11. The molecule has 0 spiro atoms. The molecule has 0 aliphatic heterocycles. The van der Waals surface area contributed by atoms with Gasteiger partial charge in [-0.05, 0) is 24.3 Å². The summed E-state index contributed by atoms with van der Waals surface area (Å²) in [6.07, 6.45) is 1.14. The third-order valence-corrected chi connectivity index (χ3v) is 3.06. The van der Waals surface area contributed by atoms with Crippen molar-refractivity contribution in [1.82, 2.24) is 0 Å². The highest BCUT2D eigenvalue weighted by atomic mass is 35.5. The van der Waals surface area contributed by atoms with Gasteiger partial charge in [-0.15, -0.1) is 0 Å². The predicted octanol–water partition coefficient (Wildman–Crippen LogP) is 3.94. The second-order valence-electron chi connectivity index (χ2n) is 4.23. The van der Waals surface area contributed by atoms with Gasteiger partial charge in [-0.2, -0.15) is 5.26 Å². The third-order valence-electron chi connectivity index (χ3n) is 2.73. The van der Waals surface area contributed by atoms with E-state index in [1.54, 1.807) is 42.5 Å². The van der Waals surface area contributed by atoms with Crippen LogP contribution in [0.2, 0.25) is 5.02 Å². The highest BCUT2D eigenvalue weighted by Crippen LogP contribution is 2.21. The zero-order chi connectivity index (χ0) is 15.9. The van der Waals surface area contributed by atoms with Gasteiger partial charge in [-0.25, -0.2) is 4.39 Å². The molecule has 0 atom stereocenters. The third kappa shape index (κ3) is 3.84. The molecule has 0 heterocycles. The number of hydrogen-bond acceptors (Lipinski definition) is 3. The molecule has 4 nitrogen and oxygen atoms in total. The monoisotopic (exact) mass is 315 g/mol. The van der Waals surface area contributed by atoms with Gasteiger partial charge in [0, 0.05) is 6.20 Å². The van der Waals surface area contributed by atoms with Gasteiger partial charge >= 0.3 is 0 Å². The standard InChI is InChI=1S/C16H11ClFN3O/c17-12-5-1-3-7-14(12)21-16(22)11(9-19)10-20-15-8-4-2-6-13(15)18/h1-8,10,20H,(H,21,22)/b11-10-. The number of para-hydroxylation sites is 2. The van der Waals surface area contributed by atoms with Crippen LogP contribution in [0.25, 0.3) is 0 Å². The van der Waals surface area contributed by atoms with Crippen LogP contribution >= 0.6 is 11.6 Å². The van der Waals surface area contributed by atoms with Crippen molar-refractivity contribution in [3.63, 3.8) is 0 Å². The van der Waals surface area contributed by atoms with E-state index in [1.165, 1.54) is 12.1 Å². The molecule has 0 unspecified atom stereocenters. The summed E-state index contributed by atoms with van der Waals surface area (Å²) in [5, 5.41) is 14.5. The molecule has 0 fully saturated rings. The first-order chi connectivity index (χ1) is 10.6. The largest absolute Gasteiger partial charge is 0.358 e. The normalized spacial score (nSPS) is 10.7. The van der Waals surface area contributed by atoms with E-state index in [-0.39, 0.29) is 11.3 Å². The van der Waals surface area contributed by atoms with Crippen LogP contribution in [0.15, 0.2) is 60.3 Å². The minimum absolute atomic E-state index is 0.167. The van der Waals surface area contributed by atoms with Gasteiger partial charge in [0.15, 0.2) is 0 Å². The zero-order valence-corrected chi connectivity index (χ0v) is 12.1. The molecular weight excluding hydrogens is 305 g/mol. The number of rotatable bonds is 4. The molecule has 0 aliphatic carbocycles. The molecule has 2 rings (SSSR count). The molecular formula is C16H11ClFN3O. The molecule has 1 amide bonds. The molecule has 0 radical (unpaired) electrons. The summed E-state index contributed by atoms with van der Waals surface area (Å²) in [6.45, 7) is 0. The van der Waals surface area contributed by atoms with Crippen molar-refractivity contribution < 1.29 is 9.18 Å². The van der Waals surface area contributed by atoms with E-state index in [1.807, 2.05) is 0 Å². The number of nitriles is 1. The van der Waals surface area contributed by atoms with Crippen molar-refractivity contribution >= 4 is 28.9 Å². The number of nitrogens with one attached hydrogen (secondary N) is 2. The van der Waals surface area contributed by atoms with E-state index in [2.05, 4.69) is 10.6 Å². The Balaban J connectivity index is 2.13. The Kier molecular flexibility index (Phi) is 5.12. The van der Waals surface area contributed by atoms with Gasteiger partial charge in [0.1, 0.15) is 17.5 Å². The Morgan fingerprint density at radius 3 is 2.41 bits per heavy atom. The number of carbonyl (C=O) groups excluding carboxylic acids is 1. The topological polar surface area (TPSA) is 64.9 Å². The lowest BCUT2D eigenvalue weighted by atomic mass is 10.2. The molecule has 2 aromatic rings. The van der Waals surface area contributed by atoms with Crippen molar-refractivity contribution in [1.29, 1.82) is 5.26 Å². The fraction of sp³-hybridized carbons (Fsp3) is 0. The summed E-state index contributed by atoms with van der Waals surface area (Å²) >= 11 is 5.93. The number of benzene rings is 2. The molecule has 0 bridgehead atoms. The molecule has 0 aromatic heterocycles. The quantitative estimate of drug-likeness (QED) is 0.663.